The van der Waals surface area contributed by atoms with Gasteiger partial charge < -0.3 is 9.47 Å². The van der Waals surface area contributed by atoms with Crippen molar-refractivity contribution >= 4 is 15.9 Å². The van der Waals surface area contributed by atoms with Crippen molar-refractivity contribution in [2.75, 3.05) is 19.5 Å². The van der Waals surface area contributed by atoms with Crippen LogP contribution >= 0.6 is 15.9 Å². The molecule has 0 unspecified atom stereocenters. The zero-order valence-electron chi connectivity index (χ0n) is 7.31. The summed E-state index contributed by atoms with van der Waals surface area (Å²) in [6.45, 7) is 0. The standard InChI is InChI=1S/C8H17BrO2/c1-10-8(11-2)6-4-3-5-7-9/h8H,3-7H2,1-2H3. The lowest BCUT2D eigenvalue weighted by atomic mass is 10.2. The second-order valence-corrected chi connectivity index (χ2v) is 3.23. The number of halogens is 1. The molecule has 0 saturated carbocycles. The van der Waals surface area contributed by atoms with Crippen LogP contribution in [0.3, 0.4) is 0 Å². The van der Waals surface area contributed by atoms with Crippen molar-refractivity contribution in [2.45, 2.75) is 32.0 Å². The predicted octanol–water partition coefficient (Wildman–Crippen LogP) is 2.56. The summed E-state index contributed by atoms with van der Waals surface area (Å²) in [7, 11) is 3.36. The van der Waals surface area contributed by atoms with Crippen molar-refractivity contribution in [1.82, 2.24) is 0 Å². The highest BCUT2D eigenvalue weighted by Gasteiger charge is 2.02. The molecule has 0 aromatic rings. The second-order valence-electron chi connectivity index (χ2n) is 2.44. The van der Waals surface area contributed by atoms with E-state index in [1.54, 1.807) is 14.2 Å². The third-order valence-corrected chi connectivity index (χ3v) is 2.16. The van der Waals surface area contributed by atoms with E-state index in [1.165, 1.54) is 19.3 Å². The van der Waals surface area contributed by atoms with Crippen LogP contribution in [0, 0.1) is 0 Å². The quantitative estimate of drug-likeness (QED) is 0.376. The summed E-state index contributed by atoms with van der Waals surface area (Å²) in [6, 6.07) is 0. The maximum absolute atomic E-state index is 5.05. The predicted molar refractivity (Wildman–Crippen MR) is 50.1 cm³/mol. The van der Waals surface area contributed by atoms with Crippen LogP contribution in [-0.2, 0) is 9.47 Å². The normalized spacial score (nSPS) is 10.9. The molecule has 0 rings (SSSR count). The number of alkyl halides is 1. The maximum Gasteiger partial charge on any atom is 0.156 e. The minimum atomic E-state index is -0.00896. The Morgan fingerprint density at radius 3 is 2.18 bits per heavy atom. The minimum Gasteiger partial charge on any atom is -0.356 e. The van der Waals surface area contributed by atoms with E-state index >= 15 is 0 Å². The van der Waals surface area contributed by atoms with E-state index in [1.807, 2.05) is 0 Å². The van der Waals surface area contributed by atoms with Crippen LogP contribution in [0.4, 0.5) is 0 Å². The largest absolute Gasteiger partial charge is 0.356 e. The van der Waals surface area contributed by atoms with Crippen LogP contribution in [-0.4, -0.2) is 25.8 Å². The van der Waals surface area contributed by atoms with Gasteiger partial charge in [-0.3, -0.25) is 0 Å². The average molecular weight is 225 g/mol. The Labute approximate surface area is 77.4 Å². The molecule has 0 aromatic heterocycles. The van der Waals surface area contributed by atoms with Crippen LogP contribution in [0.15, 0.2) is 0 Å². The summed E-state index contributed by atoms with van der Waals surface area (Å²) < 4.78 is 10.1. The molecule has 3 heteroatoms. The molecule has 0 aromatic carbocycles. The number of ether oxygens (including phenoxy) is 2. The maximum atomic E-state index is 5.05. The topological polar surface area (TPSA) is 18.5 Å². The first kappa shape index (κ1) is 11.4. The van der Waals surface area contributed by atoms with E-state index in [2.05, 4.69) is 15.9 Å². The number of hydrogen-bond donors (Lipinski definition) is 0. The summed E-state index contributed by atoms with van der Waals surface area (Å²) in [4.78, 5) is 0. The smallest absolute Gasteiger partial charge is 0.156 e. The molecule has 0 aliphatic rings. The van der Waals surface area contributed by atoms with Crippen LogP contribution in [0.5, 0.6) is 0 Å². The first-order chi connectivity index (χ1) is 5.35. The highest BCUT2D eigenvalue weighted by atomic mass is 79.9. The molecule has 0 aliphatic heterocycles. The average Bonchev–Trinajstić information content (AvgIpc) is 2.05. The second kappa shape index (κ2) is 8.50. The van der Waals surface area contributed by atoms with E-state index < -0.39 is 0 Å². The van der Waals surface area contributed by atoms with Gasteiger partial charge in [0.25, 0.3) is 0 Å². The van der Waals surface area contributed by atoms with Gasteiger partial charge in [0.15, 0.2) is 6.29 Å². The molecule has 0 spiro atoms. The van der Waals surface area contributed by atoms with Gasteiger partial charge >= 0.3 is 0 Å². The van der Waals surface area contributed by atoms with Crippen molar-refractivity contribution in [3.05, 3.63) is 0 Å². The van der Waals surface area contributed by atoms with E-state index in [4.69, 9.17) is 9.47 Å². The summed E-state index contributed by atoms with van der Waals surface area (Å²) in [5.41, 5.74) is 0. The van der Waals surface area contributed by atoms with Crippen molar-refractivity contribution < 1.29 is 9.47 Å². The molecule has 0 atom stereocenters. The molecule has 2 nitrogen and oxygen atoms in total. The molecule has 0 N–H and O–H groups in total. The molecule has 0 amide bonds. The van der Waals surface area contributed by atoms with Crippen molar-refractivity contribution in [2.24, 2.45) is 0 Å². The molecule has 0 radical (unpaired) electrons. The molecule has 0 saturated heterocycles. The molecular formula is C8H17BrO2. The van der Waals surface area contributed by atoms with Gasteiger partial charge in [-0.1, -0.05) is 22.4 Å². The summed E-state index contributed by atoms with van der Waals surface area (Å²) in [6.07, 6.45) is 4.65. The summed E-state index contributed by atoms with van der Waals surface area (Å²) in [5, 5.41) is 1.09. The SMILES string of the molecule is COC(CCCCCBr)OC. The van der Waals surface area contributed by atoms with Gasteiger partial charge in [-0.15, -0.1) is 0 Å². The molecular weight excluding hydrogens is 208 g/mol. The lowest BCUT2D eigenvalue weighted by Crippen LogP contribution is -2.12. The fraction of sp³-hybridized carbons (Fsp3) is 1.00. The Balaban J connectivity index is 3.07. The highest BCUT2D eigenvalue weighted by Crippen LogP contribution is 2.07. The van der Waals surface area contributed by atoms with E-state index in [0.717, 1.165) is 11.8 Å². The third-order valence-electron chi connectivity index (χ3n) is 1.60. The molecule has 11 heavy (non-hydrogen) atoms. The van der Waals surface area contributed by atoms with Crippen molar-refractivity contribution in [1.29, 1.82) is 0 Å². The molecule has 0 heterocycles. The molecule has 68 valence electrons. The molecule has 0 bridgehead atoms. The fourth-order valence-corrected chi connectivity index (χ4v) is 1.31. The monoisotopic (exact) mass is 224 g/mol. The van der Waals surface area contributed by atoms with E-state index in [0.29, 0.717) is 0 Å². The number of rotatable bonds is 7. The van der Waals surface area contributed by atoms with Gasteiger partial charge in [0.2, 0.25) is 0 Å². The Morgan fingerprint density at radius 2 is 1.73 bits per heavy atom. The van der Waals surface area contributed by atoms with Crippen LogP contribution in [0.25, 0.3) is 0 Å². The third kappa shape index (κ3) is 6.78. The van der Waals surface area contributed by atoms with Crippen LogP contribution in [0.2, 0.25) is 0 Å². The lowest BCUT2D eigenvalue weighted by Gasteiger charge is -2.12. The number of unbranched alkanes of at least 4 members (excludes halogenated alkanes) is 2. The lowest BCUT2D eigenvalue weighted by molar-refractivity contribution is -0.107. The summed E-state index contributed by atoms with van der Waals surface area (Å²) >= 11 is 3.39. The summed E-state index contributed by atoms with van der Waals surface area (Å²) in [5.74, 6) is 0. The Bertz CT molecular complexity index is 74.5. The zero-order valence-corrected chi connectivity index (χ0v) is 8.89. The fourth-order valence-electron chi connectivity index (χ4n) is 0.914. The van der Waals surface area contributed by atoms with Gasteiger partial charge in [-0.05, 0) is 19.3 Å². The Morgan fingerprint density at radius 1 is 1.09 bits per heavy atom. The van der Waals surface area contributed by atoms with Crippen LogP contribution < -0.4 is 0 Å². The van der Waals surface area contributed by atoms with Gasteiger partial charge in [0.1, 0.15) is 0 Å². The van der Waals surface area contributed by atoms with Gasteiger partial charge in [0, 0.05) is 19.5 Å². The van der Waals surface area contributed by atoms with Crippen molar-refractivity contribution in [3.8, 4) is 0 Å². The Kier molecular flexibility index (Phi) is 8.81. The zero-order chi connectivity index (χ0) is 8.53. The molecule has 0 aliphatic carbocycles. The van der Waals surface area contributed by atoms with E-state index in [-0.39, 0.29) is 6.29 Å². The molecule has 0 fully saturated rings. The number of hydrogen-bond acceptors (Lipinski definition) is 2. The first-order valence-corrected chi connectivity index (χ1v) is 5.08. The Hall–Kier alpha value is 0.400. The van der Waals surface area contributed by atoms with Crippen molar-refractivity contribution in [3.63, 3.8) is 0 Å². The van der Waals surface area contributed by atoms with Crippen LogP contribution in [0.1, 0.15) is 25.7 Å². The van der Waals surface area contributed by atoms with E-state index in [9.17, 15) is 0 Å². The number of methoxy groups -OCH3 is 2. The van der Waals surface area contributed by atoms with Gasteiger partial charge in [-0.2, -0.15) is 0 Å². The minimum absolute atomic E-state index is 0.00896. The highest BCUT2D eigenvalue weighted by molar-refractivity contribution is 9.09. The van der Waals surface area contributed by atoms with Gasteiger partial charge in [-0.25, -0.2) is 0 Å². The first-order valence-electron chi connectivity index (χ1n) is 3.96. The van der Waals surface area contributed by atoms with Gasteiger partial charge in [0.05, 0.1) is 0 Å².